The van der Waals surface area contributed by atoms with Gasteiger partial charge < -0.3 is 0 Å². The van der Waals surface area contributed by atoms with Crippen LogP contribution in [0.25, 0.3) is 11.4 Å². The molecule has 1 aliphatic rings. The zero-order chi connectivity index (χ0) is 12.8. The van der Waals surface area contributed by atoms with Gasteiger partial charge in [-0.15, -0.1) is 0 Å². The summed E-state index contributed by atoms with van der Waals surface area (Å²) in [6.45, 7) is 0. The van der Waals surface area contributed by atoms with Crippen LogP contribution in [0.1, 0.15) is 18.2 Å². The lowest BCUT2D eigenvalue weighted by Crippen LogP contribution is -1.95. The molecule has 0 radical (unpaired) electrons. The predicted octanol–water partition coefficient (Wildman–Crippen LogP) is 2.50. The van der Waals surface area contributed by atoms with Gasteiger partial charge in [-0.1, -0.05) is 6.08 Å². The molecular weight excluding hydrogens is 243 g/mol. The van der Waals surface area contributed by atoms with Crippen molar-refractivity contribution < 1.29 is 5.82 Å². The zero-order valence-corrected chi connectivity index (χ0v) is 9.92. The fourth-order valence-corrected chi connectivity index (χ4v) is 2.40. The number of pyridine rings is 1. The van der Waals surface area contributed by atoms with Gasteiger partial charge in [0.1, 0.15) is 5.82 Å². The van der Waals surface area contributed by atoms with Crippen molar-refractivity contribution in [3.05, 3.63) is 65.8 Å². The van der Waals surface area contributed by atoms with E-state index in [1.54, 1.807) is 12.4 Å². The third kappa shape index (κ3) is 1.55. The fraction of sp³-hybridized carbons (Fsp3) is 0.0714. The maximum absolute atomic E-state index is 13.3. The van der Waals surface area contributed by atoms with E-state index in [1.165, 1.54) is 12.3 Å². The van der Waals surface area contributed by atoms with Crippen molar-refractivity contribution in [1.29, 1.82) is 0 Å². The Labute approximate surface area is 109 Å². The first-order chi connectivity index (χ1) is 9.31. The summed E-state index contributed by atoms with van der Waals surface area (Å²) < 4.78 is 15.2. The Hall–Kier alpha value is -2.56. The molecule has 19 heavy (non-hydrogen) atoms. The predicted molar refractivity (Wildman–Crippen MR) is 70.1 cm³/mol. The van der Waals surface area contributed by atoms with E-state index in [4.69, 9.17) is 0 Å². The van der Waals surface area contributed by atoms with E-state index >= 15 is 0 Å². The molecule has 0 bridgehead atoms. The number of imidazole rings is 1. The van der Waals surface area contributed by atoms with Crippen LogP contribution in [0.4, 0.5) is 4.39 Å². The maximum Gasteiger partial charge on any atom is 0.233 e. The second-order valence-corrected chi connectivity index (χ2v) is 4.45. The molecule has 94 valence electrons. The average Bonchev–Trinajstić information content (AvgIpc) is 3.03. The molecule has 3 aromatic rings. The molecular formula is C14H11FN4. The molecule has 0 amide bonds. The summed E-state index contributed by atoms with van der Waals surface area (Å²) in [6.07, 6.45) is 11.3. The largest absolute Gasteiger partial charge is 0.291 e. The summed E-state index contributed by atoms with van der Waals surface area (Å²) >= 11 is 0. The number of allylic oxidation sites excluding steroid dienone is 1. The van der Waals surface area contributed by atoms with Crippen molar-refractivity contribution in [2.24, 2.45) is 0 Å². The third-order valence-electron chi connectivity index (χ3n) is 3.28. The zero-order valence-electron chi connectivity index (χ0n) is 9.92. The average molecular weight is 254 g/mol. The van der Waals surface area contributed by atoms with Crippen LogP contribution in [0.3, 0.4) is 0 Å². The van der Waals surface area contributed by atoms with Gasteiger partial charge in [0.25, 0.3) is 0 Å². The Morgan fingerprint density at radius 3 is 3.11 bits per heavy atom. The monoisotopic (exact) mass is 254 g/mol. The van der Waals surface area contributed by atoms with Crippen molar-refractivity contribution in [2.75, 3.05) is 0 Å². The first-order valence-corrected chi connectivity index (χ1v) is 5.95. The van der Waals surface area contributed by atoms with E-state index in [-0.39, 0.29) is 7.24 Å². The Balaban J connectivity index is 0.00000121. The molecule has 0 unspecified atom stereocenters. The van der Waals surface area contributed by atoms with Crippen LogP contribution in [-0.2, 0) is 6.42 Å². The summed E-state index contributed by atoms with van der Waals surface area (Å²) in [5.41, 5.74) is 3.67. The number of hydrogen-bond acceptors (Lipinski definition) is 3. The highest BCUT2D eigenvalue weighted by atomic mass is 19.1. The molecule has 0 atom stereocenters. The maximum atomic E-state index is 13.3. The minimum absolute atomic E-state index is 0. The molecule has 3 heterocycles. The van der Waals surface area contributed by atoms with E-state index in [0.29, 0.717) is 5.78 Å². The lowest BCUT2D eigenvalue weighted by atomic mass is 10.0. The second-order valence-electron chi connectivity index (χ2n) is 4.45. The molecule has 0 spiro atoms. The number of aromatic nitrogens is 4. The smallest absolute Gasteiger partial charge is 0.233 e. The van der Waals surface area contributed by atoms with E-state index in [1.807, 2.05) is 16.8 Å². The lowest BCUT2D eigenvalue weighted by Gasteiger charge is -2.06. The Morgan fingerprint density at radius 2 is 2.16 bits per heavy atom. The minimum Gasteiger partial charge on any atom is -0.291 e. The van der Waals surface area contributed by atoms with Crippen LogP contribution in [0, 0.1) is 5.82 Å². The minimum atomic E-state index is -0.316. The van der Waals surface area contributed by atoms with Crippen molar-refractivity contribution in [3.8, 4) is 0 Å². The van der Waals surface area contributed by atoms with Gasteiger partial charge in [0.15, 0.2) is 0 Å². The van der Waals surface area contributed by atoms with Gasteiger partial charge in [0.05, 0.1) is 11.9 Å². The van der Waals surface area contributed by atoms with Crippen LogP contribution in [0.2, 0.25) is 0 Å². The van der Waals surface area contributed by atoms with Gasteiger partial charge in [-0.3, -0.25) is 9.38 Å². The molecule has 0 N–H and O–H groups in total. The highest BCUT2D eigenvalue weighted by Gasteiger charge is 2.18. The Morgan fingerprint density at radius 1 is 1.21 bits per heavy atom. The molecule has 3 aromatic heterocycles. The molecule has 4 rings (SSSR count). The highest BCUT2D eigenvalue weighted by molar-refractivity contribution is 5.83. The fourth-order valence-electron chi connectivity index (χ4n) is 2.40. The Bertz CT molecular complexity index is 825. The van der Waals surface area contributed by atoms with Crippen molar-refractivity contribution in [1.82, 2.24) is 19.4 Å². The first kappa shape index (κ1) is 10.4. The van der Waals surface area contributed by atoms with Gasteiger partial charge in [0, 0.05) is 43.8 Å². The van der Waals surface area contributed by atoms with Crippen molar-refractivity contribution in [3.63, 3.8) is 0 Å². The van der Waals surface area contributed by atoms with Gasteiger partial charge in [-0.25, -0.2) is 14.4 Å². The van der Waals surface area contributed by atoms with Gasteiger partial charge in [-0.05, 0) is 11.6 Å². The van der Waals surface area contributed by atoms with Gasteiger partial charge in [-0.2, -0.15) is 0 Å². The lowest BCUT2D eigenvalue weighted by molar-refractivity contribution is 0.619. The summed E-state index contributed by atoms with van der Waals surface area (Å²) in [5.74, 6) is 0.336. The summed E-state index contributed by atoms with van der Waals surface area (Å²) in [4.78, 5) is 12.5. The van der Waals surface area contributed by atoms with E-state index in [9.17, 15) is 4.39 Å². The van der Waals surface area contributed by atoms with Crippen molar-refractivity contribution >= 4 is 11.4 Å². The molecule has 1 aliphatic carbocycles. The van der Waals surface area contributed by atoms with Crippen LogP contribution in [-0.4, -0.2) is 19.4 Å². The topological polar surface area (TPSA) is 43.1 Å². The van der Waals surface area contributed by atoms with Gasteiger partial charge in [0.2, 0.25) is 5.78 Å². The number of hydrogen-bond donors (Lipinski definition) is 0. The molecule has 0 aliphatic heterocycles. The van der Waals surface area contributed by atoms with E-state index < -0.39 is 0 Å². The van der Waals surface area contributed by atoms with Crippen LogP contribution in [0.15, 0.2) is 43.1 Å². The number of rotatable bonds is 1. The van der Waals surface area contributed by atoms with Crippen LogP contribution < -0.4 is 0 Å². The molecule has 0 saturated carbocycles. The summed E-state index contributed by atoms with van der Waals surface area (Å²) in [6, 6.07) is 1.53. The third-order valence-corrected chi connectivity index (χ3v) is 3.28. The standard InChI is InChI=1S/C14H9FN4.H2/c15-10-5-12-11(1-2-13(12)17-7-10)9-6-18-14-16-3-4-19(14)8-9;/h1,3-8H,2H2;1H. The van der Waals surface area contributed by atoms with Gasteiger partial charge >= 0.3 is 0 Å². The second kappa shape index (κ2) is 3.71. The van der Waals surface area contributed by atoms with Crippen LogP contribution in [0.5, 0.6) is 0 Å². The molecule has 0 aromatic carbocycles. The van der Waals surface area contributed by atoms with E-state index in [0.717, 1.165) is 28.8 Å². The quantitative estimate of drug-likeness (QED) is 0.670. The summed E-state index contributed by atoms with van der Waals surface area (Å²) in [7, 11) is 0. The SMILES string of the molecule is Fc1cnc2c(c1)C(c1cnc3nccn3c1)=CC2.[HH]. The highest BCUT2D eigenvalue weighted by Crippen LogP contribution is 2.31. The van der Waals surface area contributed by atoms with Crippen molar-refractivity contribution in [2.45, 2.75) is 6.42 Å². The Kier molecular flexibility index (Phi) is 2.03. The molecule has 5 heteroatoms. The number of fused-ring (bicyclic) bond motifs is 2. The normalized spacial score (nSPS) is 13.6. The number of halogens is 1. The summed E-state index contributed by atoms with van der Waals surface area (Å²) in [5, 5.41) is 0. The van der Waals surface area contributed by atoms with E-state index in [2.05, 4.69) is 21.0 Å². The first-order valence-electron chi connectivity index (χ1n) is 5.95. The molecule has 0 fully saturated rings. The molecule has 0 saturated heterocycles. The molecule has 4 nitrogen and oxygen atoms in total. The number of nitrogens with zero attached hydrogens (tertiary/aromatic N) is 4. The van der Waals surface area contributed by atoms with Crippen LogP contribution >= 0.6 is 0 Å².